The monoisotopic (exact) mass is 359 g/mol. The summed E-state index contributed by atoms with van der Waals surface area (Å²) >= 11 is 6.43. The van der Waals surface area contributed by atoms with Crippen LogP contribution in [0.3, 0.4) is 0 Å². The van der Waals surface area contributed by atoms with Gasteiger partial charge in [0.2, 0.25) is 0 Å². The van der Waals surface area contributed by atoms with E-state index in [4.69, 9.17) is 21.6 Å². The van der Waals surface area contributed by atoms with Crippen molar-refractivity contribution in [2.24, 2.45) is 0 Å². The predicted octanol–water partition coefficient (Wildman–Crippen LogP) is 4.84. The molecule has 1 aromatic heterocycles. The minimum atomic E-state index is 0. The Hall–Kier alpha value is -1.68. The van der Waals surface area contributed by atoms with Crippen molar-refractivity contribution in [1.82, 2.24) is 15.3 Å². The van der Waals surface area contributed by atoms with Gasteiger partial charge >= 0.3 is 0 Å². The molecule has 0 radical (unpaired) electrons. The van der Waals surface area contributed by atoms with Crippen LogP contribution in [0.1, 0.15) is 24.6 Å². The molecule has 2 heterocycles. The lowest BCUT2D eigenvalue weighted by molar-refractivity contribution is 0.446. The van der Waals surface area contributed by atoms with Gasteiger partial charge in [0.1, 0.15) is 5.82 Å². The van der Waals surface area contributed by atoms with Crippen molar-refractivity contribution in [2.75, 3.05) is 13.1 Å². The predicted molar refractivity (Wildman–Crippen MR) is 102 cm³/mol. The summed E-state index contributed by atoms with van der Waals surface area (Å²) in [5, 5.41) is 5.18. The zero-order chi connectivity index (χ0) is 15.6. The summed E-state index contributed by atoms with van der Waals surface area (Å²) in [6, 6.07) is 16.1. The Labute approximate surface area is 152 Å². The molecular weight excluding hydrogens is 341 g/mol. The number of hydrogen-bond donors (Lipinski definition) is 1. The molecule has 0 bridgehead atoms. The molecule has 1 aliphatic heterocycles. The molecule has 124 valence electrons. The highest BCUT2D eigenvalue weighted by atomic mass is 35.5. The third-order valence-corrected chi connectivity index (χ3v) is 4.78. The molecule has 1 aliphatic rings. The summed E-state index contributed by atoms with van der Waals surface area (Å²) in [7, 11) is 0. The molecule has 2 aromatic carbocycles. The van der Waals surface area contributed by atoms with E-state index in [1.54, 1.807) is 0 Å². The Morgan fingerprint density at radius 3 is 2.42 bits per heavy atom. The molecule has 0 atom stereocenters. The Bertz CT molecular complexity index is 845. The fraction of sp³-hybridized carbons (Fsp3) is 0.263. The van der Waals surface area contributed by atoms with Crippen LogP contribution in [0.15, 0.2) is 48.5 Å². The van der Waals surface area contributed by atoms with E-state index in [2.05, 4.69) is 17.4 Å². The number of nitrogens with zero attached hydrogens (tertiary/aromatic N) is 2. The van der Waals surface area contributed by atoms with E-state index in [0.29, 0.717) is 5.92 Å². The number of fused-ring (bicyclic) bond motifs is 1. The minimum absolute atomic E-state index is 0. The quantitative estimate of drug-likeness (QED) is 0.711. The van der Waals surface area contributed by atoms with E-state index in [1.165, 1.54) is 0 Å². The highest BCUT2D eigenvalue weighted by Gasteiger charge is 2.20. The van der Waals surface area contributed by atoms with Gasteiger partial charge < -0.3 is 5.32 Å². The Kier molecular flexibility index (Phi) is 5.34. The Morgan fingerprint density at radius 1 is 0.917 bits per heavy atom. The zero-order valence-corrected chi connectivity index (χ0v) is 14.8. The molecule has 1 N–H and O–H groups in total. The third-order valence-electron chi connectivity index (χ3n) is 4.45. The van der Waals surface area contributed by atoms with Crippen molar-refractivity contribution >= 4 is 34.9 Å². The van der Waals surface area contributed by atoms with Gasteiger partial charge in [-0.05, 0) is 38.1 Å². The molecule has 0 spiro atoms. The SMILES string of the molecule is Cl.Clc1ccccc1-c1nc(C2CCNCC2)nc2ccccc12. The van der Waals surface area contributed by atoms with Crippen molar-refractivity contribution in [3.05, 3.63) is 59.4 Å². The summed E-state index contributed by atoms with van der Waals surface area (Å²) in [4.78, 5) is 9.77. The number of nitrogens with one attached hydrogen (secondary N) is 1. The maximum absolute atomic E-state index is 6.43. The normalized spacial score (nSPS) is 15.2. The Balaban J connectivity index is 0.00000169. The van der Waals surface area contributed by atoms with E-state index >= 15 is 0 Å². The molecule has 0 aliphatic carbocycles. The average Bonchev–Trinajstić information content (AvgIpc) is 2.62. The molecule has 0 amide bonds. The van der Waals surface area contributed by atoms with Crippen LogP contribution in [0.25, 0.3) is 22.2 Å². The molecule has 1 saturated heterocycles. The van der Waals surface area contributed by atoms with Crippen molar-refractivity contribution in [3.63, 3.8) is 0 Å². The molecule has 0 unspecified atom stereocenters. The van der Waals surface area contributed by atoms with Gasteiger partial charge in [-0.1, -0.05) is 48.0 Å². The summed E-state index contributed by atoms with van der Waals surface area (Å²) in [5.41, 5.74) is 2.91. The van der Waals surface area contributed by atoms with E-state index in [1.807, 2.05) is 36.4 Å². The number of rotatable bonds is 2. The number of hydrogen-bond acceptors (Lipinski definition) is 3. The number of para-hydroxylation sites is 1. The first-order valence-corrected chi connectivity index (χ1v) is 8.43. The van der Waals surface area contributed by atoms with E-state index < -0.39 is 0 Å². The van der Waals surface area contributed by atoms with Gasteiger partial charge in [-0.15, -0.1) is 12.4 Å². The fourth-order valence-electron chi connectivity index (χ4n) is 3.22. The molecule has 24 heavy (non-hydrogen) atoms. The van der Waals surface area contributed by atoms with Crippen LogP contribution in [-0.4, -0.2) is 23.1 Å². The summed E-state index contributed by atoms with van der Waals surface area (Å²) in [6.07, 6.45) is 2.17. The Morgan fingerprint density at radius 2 is 1.62 bits per heavy atom. The van der Waals surface area contributed by atoms with Crippen LogP contribution >= 0.6 is 24.0 Å². The summed E-state index contributed by atoms with van der Waals surface area (Å²) in [5.74, 6) is 1.36. The van der Waals surface area contributed by atoms with Crippen molar-refractivity contribution < 1.29 is 0 Å². The van der Waals surface area contributed by atoms with E-state index in [-0.39, 0.29) is 12.4 Å². The number of benzene rings is 2. The van der Waals surface area contributed by atoms with Crippen molar-refractivity contribution in [2.45, 2.75) is 18.8 Å². The van der Waals surface area contributed by atoms with Gasteiger partial charge in [0, 0.05) is 21.9 Å². The van der Waals surface area contributed by atoms with Gasteiger partial charge in [-0.3, -0.25) is 0 Å². The van der Waals surface area contributed by atoms with Gasteiger partial charge in [-0.25, -0.2) is 9.97 Å². The van der Waals surface area contributed by atoms with Crippen molar-refractivity contribution in [1.29, 1.82) is 0 Å². The van der Waals surface area contributed by atoms with Gasteiger partial charge in [0.15, 0.2) is 0 Å². The second-order valence-electron chi connectivity index (χ2n) is 5.95. The van der Waals surface area contributed by atoms with Crippen LogP contribution < -0.4 is 5.32 Å². The number of piperidine rings is 1. The van der Waals surface area contributed by atoms with E-state index in [9.17, 15) is 0 Å². The molecule has 3 aromatic rings. The highest BCUT2D eigenvalue weighted by molar-refractivity contribution is 6.33. The average molecular weight is 360 g/mol. The fourth-order valence-corrected chi connectivity index (χ4v) is 3.44. The number of halogens is 2. The first-order chi connectivity index (χ1) is 11.3. The lowest BCUT2D eigenvalue weighted by Gasteiger charge is -2.22. The molecule has 3 nitrogen and oxygen atoms in total. The number of aromatic nitrogens is 2. The van der Waals surface area contributed by atoms with E-state index in [0.717, 1.165) is 58.9 Å². The van der Waals surface area contributed by atoms with Crippen LogP contribution in [-0.2, 0) is 0 Å². The summed E-state index contributed by atoms with van der Waals surface area (Å²) < 4.78 is 0. The van der Waals surface area contributed by atoms with Gasteiger partial charge in [0.05, 0.1) is 11.2 Å². The van der Waals surface area contributed by atoms with Crippen LogP contribution in [0.2, 0.25) is 5.02 Å². The molecule has 0 saturated carbocycles. The van der Waals surface area contributed by atoms with Crippen LogP contribution in [0, 0.1) is 0 Å². The lowest BCUT2D eigenvalue weighted by Crippen LogP contribution is -2.27. The summed E-state index contributed by atoms with van der Waals surface area (Å²) in [6.45, 7) is 2.06. The molecular formula is C19H19Cl2N3. The maximum Gasteiger partial charge on any atom is 0.132 e. The minimum Gasteiger partial charge on any atom is -0.317 e. The standard InChI is InChI=1S/C19H18ClN3.ClH/c20-16-7-3-1-5-14(16)18-15-6-2-4-8-17(15)22-19(23-18)13-9-11-21-12-10-13;/h1-8,13,21H,9-12H2;1H. The van der Waals surface area contributed by atoms with Gasteiger partial charge in [-0.2, -0.15) is 0 Å². The molecule has 5 heteroatoms. The second-order valence-corrected chi connectivity index (χ2v) is 6.36. The lowest BCUT2D eigenvalue weighted by atomic mass is 9.96. The van der Waals surface area contributed by atoms with Crippen LogP contribution in [0.5, 0.6) is 0 Å². The van der Waals surface area contributed by atoms with Crippen LogP contribution in [0.4, 0.5) is 0 Å². The maximum atomic E-state index is 6.43. The topological polar surface area (TPSA) is 37.8 Å². The first-order valence-electron chi connectivity index (χ1n) is 8.05. The molecule has 1 fully saturated rings. The second kappa shape index (κ2) is 7.47. The largest absolute Gasteiger partial charge is 0.317 e. The first kappa shape index (κ1) is 17.2. The smallest absolute Gasteiger partial charge is 0.132 e. The van der Waals surface area contributed by atoms with Crippen molar-refractivity contribution in [3.8, 4) is 11.3 Å². The zero-order valence-electron chi connectivity index (χ0n) is 13.2. The molecule has 4 rings (SSSR count). The third kappa shape index (κ3) is 3.25. The van der Waals surface area contributed by atoms with Gasteiger partial charge in [0.25, 0.3) is 0 Å². The highest BCUT2D eigenvalue weighted by Crippen LogP contribution is 2.33.